The molecule has 3 nitrogen and oxygen atoms in total. The van der Waals surface area contributed by atoms with Crippen molar-refractivity contribution < 1.29 is 18.3 Å². The number of nitrogens with one attached hydrogen (secondary N) is 1. The first-order valence-corrected chi connectivity index (χ1v) is 5.57. The second-order valence-corrected chi connectivity index (χ2v) is 4.42. The fourth-order valence-electron chi connectivity index (χ4n) is 1.89. The number of likely N-dealkylation sites (tertiary alicyclic amines) is 1. The van der Waals surface area contributed by atoms with E-state index in [1.165, 1.54) is 4.90 Å². The number of hydrogen-bond donors (Lipinski definition) is 2. The van der Waals surface area contributed by atoms with Gasteiger partial charge in [0.2, 0.25) is 0 Å². The fraction of sp³-hybridized carbons (Fsp3) is 1.00. The van der Waals surface area contributed by atoms with Crippen molar-refractivity contribution in [1.29, 1.82) is 0 Å². The van der Waals surface area contributed by atoms with Crippen LogP contribution < -0.4 is 5.32 Å². The Morgan fingerprint density at radius 3 is 2.38 bits per heavy atom. The van der Waals surface area contributed by atoms with E-state index < -0.39 is 18.8 Å². The first kappa shape index (κ1) is 13.7. The van der Waals surface area contributed by atoms with E-state index in [9.17, 15) is 13.2 Å². The number of hydrogen-bond acceptors (Lipinski definition) is 3. The van der Waals surface area contributed by atoms with Crippen molar-refractivity contribution in [2.45, 2.75) is 38.1 Å². The van der Waals surface area contributed by atoms with Gasteiger partial charge in [-0.2, -0.15) is 13.2 Å². The third-order valence-corrected chi connectivity index (χ3v) is 2.69. The summed E-state index contributed by atoms with van der Waals surface area (Å²) in [5.41, 5.74) is 0. The topological polar surface area (TPSA) is 35.5 Å². The van der Waals surface area contributed by atoms with Gasteiger partial charge < -0.3 is 10.4 Å². The summed E-state index contributed by atoms with van der Waals surface area (Å²) >= 11 is 0. The molecule has 96 valence electrons. The molecule has 1 saturated heterocycles. The summed E-state index contributed by atoms with van der Waals surface area (Å²) < 4.78 is 36.3. The van der Waals surface area contributed by atoms with E-state index in [0.717, 1.165) is 0 Å². The molecular formula is C10H19F3N2O. The van der Waals surface area contributed by atoms with Gasteiger partial charge in [0.1, 0.15) is 0 Å². The number of aliphatic hydroxyl groups is 1. The summed E-state index contributed by atoms with van der Waals surface area (Å²) in [7, 11) is 0. The Labute approximate surface area is 93.6 Å². The second-order valence-electron chi connectivity index (χ2n) is 4.42. The summed E-state index contributed by atoms with van der Waals surface area (Å²) in [5.74, 6) is 0. The number of rotatable bonds is 4. The van der Waals surface area contributed by atoms with Crippen LogP contribution in [0.2, 0.25) is 0 Å². The van der Waals surface area contributed by atoms with Crippen molar-refractivity contribution in [3.8, 4) is 0 Å². The molecule has 1 fully saturated rings. The predicted molar refractivity (Wildman–Crippen MR) is 55.2 cm³/mol. The van der Waals surface area contributed by atoms with Crippen LogP contribution in [0.15, 0.2) is 0 Å². The predicted octanol–water partition coefficient (Wildman–Crippen LogP) is 0.984. The Hall–Kier alpha value is -0.330. The standard InChI is InChI=1S/C10H19F3N2O/c1-8(16)6-14-9-2-4-15(5-3-9)7-10(11,12)13/h8-9,14,16H,2-7H2,1H3. The summed E-state index contributed by atoms with van der Waals surface area (Å²) in [6.07, 6.45) is -3.08. The Kier molecular flexibility index (Phi) is 5.01. The second kappa shape index (κ2) is 5.84. The van der Waals surface area contributed by atoms with Crippen LogP contribution >= 0.6 is 0 Å². The SMILES string of the molecule is CC(O)CNC1CCN(CC(F)(F)F)CC1. The molecule has 0 spiro atoms. The number of piperidine rings is 1. The van der Waals surface area contributed by atoms with Gasteiger partial charge in [-0.05, 0) is 32.9 Å². The van der Waals surface area contributed by atoms with Crippen LogP contribution in [0.3, 0.4) is 0 Å². The maximum absolute atomic E-state index is 12.1. The molecule has 16 heavy (non-hydrogen) atoms. The van der Waals surface area contributed by atoms with Gasteiger partial charge in [-0.15, -0.1) is 0 Å². The van der Waals surface area contributed by atoms with Crippen molar-refractivity contribution in [3.05, 3.63) is 0 Å². The van der Waals surface area contributed by atoms with Crippen molar-refractivity contribution in [1.82, 2.24) is 10.2 Å². The molecule has 0 aliphatic carbocycles. The molecule has 0 aromatic rings. The minimum absolute atomic E-state index is 0.235. The minimum Gasteiger partial charge on any atom is -0.392 e. The zero-order valence-corrected chi connectivity index (χ0v) is 9.43. The Balaban J connectivity index is 2.18. The summed E-state index contributed by atoms with van der Waals surface area (Å²) in [6, 6.07) is 0.235. The maximum atomic E-state index is 12.1. The molecule has 1 unspecified atom stereocenters. The van der Waals surface area contributed by atoms with E-state index in [-0.39, 0.29) is 6.04 Å². The summed E-state index contributed by atoms with van der Waals surface area (Å²) in [6.45, 7) is 2.32. The molecule has 0 bridgehead atoms. The van der Waals surface area contributed by atoms with Crippen LogP contribution in [-0.2, 0) is 0 Å². The highest BCUT2D eigenvalue weighted by atomic mass is 19.4. The lowest BCUT2D eigenvalue weighted by Crippen LogP contribution is -2.46. The average Bonchev–Trinajstić information content (AvgIpc) is 2.14. The quantitative estimate of drug-likeness (QED) is 0.769. The van der Waals surface area contributed by atoms with Crippen LogP contribution in [0, 0.1) is 0 Å². The molecule has 0 aromatic heterocycles. The lowest BCUT2D eigenvalue weighted by Gasteiger charge is -2.33. The third-order valence-electron chi connectivity index (χ3n) is 2.69. The van der Waals surface area contributed by atoms with Gasteiger partial charge in [-0.3, -0.25) is 4.90 Å². The van der Waals surface area contributed by atoms with Crippen LogP contribution in [0.25, 0.3) is 0 Å². The van der Waals surface area contributed by atoms with Gasteiger partial charge >= 0.3 is 6.18 Å². The first-order valence-electron chi connectivity index (χ1n) is 5.57. The maximum Gasteiger partial charge on any atom is 0.401 e. The van der Waals surface area contributed by atoms with Crippen molar-refractivity contribution in [2.75, 3.05) is 26.2 Å². The monoisotopic (exact) mass is 240 g/mol. The lowest BCUT2D eigenvalue weighted by atomic mass is 10.0. The number of aliphatic hydroxyl groups excluding tert-OH is 1. The summed E-state index contributed by atoms with van der Waals surface area (Å²) in [5, 5.41) is 12.2. The summed E-state index contributed by atoms with van der Waals surface area (Å²) in [4.78, 5) is 1.43. The minimum atomic E-state index is -4.10. The number of alkyl halides is 3. The molecule has 1 rings (SSSR count). The van der Waals surface area contributed by atoms with Gasteiger partial charge in [0.05, 0.1) is 12.6 Å². The number of nitrogens with zero attached hydrogens (tertiary/aromatic N) is 1. The van der Waals surface area contributed by atoms with Crippen LogP contribution in [0.5, 0.6) is 0 Å². The first-order chi connectivity index (χ1) is 7.37. The largest absolute Gasteiger partial charge is 0.401 e. The average molecular weight is 240 g/mol. The molecule has 0 radical (unpaired) electrons. The molecule has 0 aromatic carbocycles. The molecule has 0 saturated carbocycles. The van der Waals surface area contributed by atoms with Crippen LogP contribution in [0.4, 0.5) is 13.2 Å². The molecule has 6 heteroatoms. The van der Waals surface area contributed by atoms with E-state index in [4.69, 9.17) is 5.11 Å². The molecule has 1 aliphatic heterocycles. The van der Waals surface area contributed by atoms with Crippen molar-refractivity contribution in [2.24, 2.45) is 0 Å². The molecule has 1 atom stereocenters. The highest BCUT2D eigenvalue weighted by Crippen LogP contribution is 2.19. The van der Waals surface area contributed by atoms with E-state index in [2.05, 4.69) is 5.32 Å². The zero-order valence-electron chi connectivity index (χ0n) is 9.43. The molecule has 1 heterocycles. The van der Waals surface area contributed by atoms with Gasteiger partial charge in [0, 0.05) is 12.6 Å². The van der Waals surface area contributed by atoms with Crippen LogP contribution in [-0.4, -0.2) is 54.5 Å². The number of halogens is 3. The van der Waals surface area contributed by atoms with E-state index in [0.29, 0.717) is 32.5 Å². The Bertz CT molecular complexity index is 201. The zero-order chi connectivity index (χ0) is 12.2. The molecule has 1 aliphatic rings. The normalized spacial score (nSPS) is 22.3. The highest BCUT2D eigenvalue weighted by Gasteiger charge is 2.32. The van der Waals surface area contributed by atoms with Gasteiger partial charge in [0.15, 0.2) is 0 Å². The Morgan fingerprint density at radius 2 is 1.94 bits per heavy atom. The molecule has 0 amide bonds. The highest BCUT2D eigenvalue weighted by molar-refractivity contribution is 4.78. The van der Waals surface area contributed by atoms with Gasteiger partial charge in [-0.25, -0.2) is 0 Å². The van der Waals surface area contributed by atoms with Gasteiger partial charge in [-0.1, -0.05) is 0 Å². The fourth-order valence-corrected chi connectivity index (χ4v) is 1.89. The Morgan fingerprint density at radius 1 is 1.38 bits per heavy atom. The van der Waals surface area contributed by atoms with Crippen molar-refractivity contribution in [3.63, 3.8) is 0 Å². The lowest BCUT2D eigenvalue weighted by molar-refractivity contribution is -0.148. The van der Waals surface area contributed by atoms with Crippen LogP contribution in [0.1, 0.15) is 19.8 Å². The van der Waals surface area contributed by atoms with E-state index in [1.54, 1.807) is 6.92 Å². The molecular weight excluding hydrogens is 221 g/mol. The smallest absolute Gasteiger partial charge is 0.392 e. The van der Waals surface area contributed by atoms with Crippen molar-refractivity contribution >= 4 is 0 Å². The van der Waals surface area contributed by atoms with Gasteiger partial charge in [0.25, 0.3) is 0 Å². The van der Waals surface area contributed by atoms with E-state index in [1.807, 2.05) is 0 Å². The van der Waals surface area contributed by atoms with E-state index >= 15 is 0 Å². The third kappa shape index (κ3) is 5.67. The molecule has 2 N–H and O–H groups in total.